The van der Waals surface area contributed by atoms with Crippen LogP contribution in [0.2, 0.25) is 5.02 Å². The van der Waals surface area contributed by atoms with Crippen molar-refractivity contribution in [3.05, 3.63) is 34.9 Å². The van der Waals surface area contributed by atoms with Gasteiger partial charge in [0.2, 0.25) is 0 Å². The van der Waals surface area contributed by atoms with Crippen LogP contribution in [0.1, 0.15) is 44.6 Å². The minimum absolute atomic E-state index is 0.495. The Labute approximate surface area is 130 Å². The maximum Gasteiger partial charge on any atom is 0.187 e. The van der Waals surface area contributed by atoms with Crippen LogP contribution in [0.25, 0.3) is 0 Å². The number of hydrogen-bond acceptors (Lipinski definition) is 2. The zero-order valence-corrected chi connectivity index (χ0v) is 13.2. The van der Waals surface area contributed by atoms with Gasteiger partial charge in [-0.2, -0.15) is 5.10 Å². The Bertz CT molecular complexity index is 478. The van der Waals surface area contributed by atoms with Gasteiger partial charge in [-0.05, 0) is 49.7 Å². The van der Waals surface area contributed by atoms with Gasteiger partial charge in [-0.15, -0.1) is 0 Å². The quantitative estimate of drug-likeness (QED) is 0.506. The van der Waals surface area contributed by atoms with Crippen molar-refractivity contribution < 1.29 is 0 Å². The van der Waals surface area contributed by atoms with E-state index in [1.807, 2.05) is 31.2 Å². The molecule has 1 saturated carbocycles. The van der Waals surface area contributed by atoms with Crippen LogP contribution in [-0.2, 0) is 0 Å². The van der Waals surface area contributed by atoms with Gasteiger partial charge in [0.1, 0.15) is 0 Å². The maximum atomic E-state index is 5.87. The average molecular weight is 310 g/mol. The molecule has 0 heterocycles. The molecule has 20 heavy (non-hydrogen) atoms. The average Bonchev–Trinajstić information content (AvgIpc) is 2.46. The molecule has 5 heteroatoms. The number of benzene rings is 1. The first-order chi connectivity index (χ1) is 9.65. The number of hydrogen-bond donors (Lipinski definition) is 2. The molecule has 0 atom stereocenters. The number of rotatable bonds is 3. The van der Waals surface area contributed by atoms with E-state index in [9.17, 15) is 0 Å². The van der Waals surface area contributed by atoms with Gasteiger partial charge in [0.05, 0.1) is 5.71 Å². The molecule has 0 bridgehead atoms. The summed E-state index contributed by atoms with van der Waals surface area (Å²) in [6, 6.07) is 8.10. The topological polar surface area (TPSA) is 36.4 Å². The Morgan fingerprint density at radius 2 is 1.85 bits per heavy atom. The Balaban J connectivity index is 1.84. The number of nitrogens with one attached hydrogen (secondary N) is 2. The van der Waals surface area contributed by atoms with E-state index in [0.29, 0.717) is 11.2 Å². The predicted octanol–water partition coefficient (Wildman–Crippen LogP) is 3.86. The van der Waals surface area contributed by atoms with E-state index >= 15 is 0 Å². The lowest BCUT2D eigenvalue weighted by Gasteiger charge is -2.23. The van der Waals surface area contributed by atoms with Crippen LogP contribution in [0.5, 0.6) is 0 Å². The van der Waals surface area contributed by atoms with E-state index in [4.69, 9.17) is 23.8 Å². The third kappa shape index (κ3) is 4.76. The van der Waals surface area contributed by atoms with Gasteiger partial charge in [-0.1, -0.05) is 43.0 Å². The number of nitrogens with zero attached hydrogens (tertiary/aromatic N) is 1. The molecule has 108 valence electrons. The van der Waals surface area contributed by atoms with Gasteiger partial charge in [0.15, 0.2) is 5.11 Å². The van der Waals surface area contributed by atoms with E-state index in [1.54, 1.807) is 0 Å². The highest BCUT2D eigenvalue weighted by Gasteiger charge is 2.13. The van der Waals surface area contributed by atoms with Crippen LogP contribution in [0.3, 0.4) is 0 Å². The molecule has 0 aromatic heterocycles. The molecule has 3 nitrogen and oxygen atoms in total. The normalized spacial score (nSPS) is 16.8. The van der Waals surface area contributed by atoms with E-state index < -0.39 is 0 Å². The molecule has 2 rings (SSSR count). The third-order valence-corrected chi connectivity index (χ3v) is 3.99. The molecule has 1 aliphatic rings. The van der Waals surface area contributed by atoms with Crippen molar-refractivity contribution in [1.29, 1.82) is 0 Å². The first-order valence-corrected chi connectivity index (χ1v) is 7.80. The third-order valence-electron chi connectivity index (χ3n) is 3.53. The first-order valence-electron chi connectivity index (χ1n) is 7.02. The van der Waals surface area contributed by atoms with E-state index in [-0.39, 0.29) is 0 Å². The zero-order valence-electron chi connectivity index (χ0n) is 11.7. The smallest absolute Gasteiger partial charge is 0.187 e. The molecule has 0 spiro atoms. The van der Waals surface area contributed by atoms with E-state index in [1.165, 1.54) is 32.1 Å². The van der Waals surface area contributed by atoms with E-state index in [2.05, 4.69) is 15.8 Å². The van der Waals surface area contributed by atoms with Gasteiger partial charge in [0, 0.05) is 11.1 Å². The lowest BCUT2D eigenvalue weighted by Crippen LogP contribution is -2.41. The molecule has 0 radical (unpaired) electrons. The summed E-state index contributed by atoms with van der Waals surface area (Å²) in [6.07, 6.45) is 6.30. The number of hydrazone groups is 1. The largest absolute Gasteiger partial charge is 0.359 e. The highest BCUT2D eigenvalue weighted by atomic mass is 35.5. The van der Waals surface area contributed by atoms with Gasteiger partial charge in [-0.3, -0.25) is 5.43 Å². The van der Waals surface area contributed by atoms with Crippen LogP contribution in [0, 0.1) is 0 Å². The monoisotopic (exact) mass is 309 g/mol. The fourth-order valence-electron chi connectivity index (χ4n) is 2.35. The lowest BCUT2D eigenvalue weighted by molar-refractivity contribution is 0.412. The van der Waals surface area contributed by atoms with Gasteiger partial charge in [-0.25, -0.2) is 0 Å². The number of halogens is 1. The summed E-state index contributed by atoms with van der Waals surface area (Å²) in [6.45, 7) is 1.94. The Kier molecular flexibility index (Phi) is 5.80. The van der Waals surface area contributed by atoms with Crippen molar-refractivity contribution in [2.75, 3.05) is 0 Å². The first kappa shape index (κ1) is 15.3. The number of thiocarbonyl (C=S) groups is 1. The highest BCUT2D eigenvalue weighted by Crippen LogP contribution is 2.17. The summed E-state index contributed by atoms with van der Waals surface area (Å²) in [5.74, 6) is 0. The van der Waals surface area contributed by atoms with Crippen molar-refractivity contribution in [2.45, 2.75) is 45.1 Å². The Morgan fingerprint density at radius 1 is 1.20 bits per heavy atom. The second kappa shape index (κ2) is 7.60. The van der Waals surface area contributed by atoms with Crippen LogP contribution < -0.4 is 10.7 Å². The predicted molar refractivity (Wildman–Crippen MR) is 89.4 cm³/mol. The van der Waals surface area contributed by atoms with Crippen molar-refractivity contribution in [2.24, 2.45) is 5.10 Å². The fraction of sp³-hybridized carbons (Fsp3) is 0.467. The van der Waals surface area contributed by atoms with E-state index in [0.717, 1.165) is 16.3 Å². The molecule has 0 aliphatic heterocycles. The second-order valence-corrected chi connectivity index (χ2v) is 5.97. The maximum absolute atomic E-state index is 5.87. The SMILES string of the molecule is CC(=NNC(=S)NC1CCCCC1)c1ccc(Cl)cc1. The van der Waals surface area contributed by atoms with Crippen molar-refractivity contribution >= 4 is 34.6 Å². The second-order valence-electron chi connectivity index (χ2n) is 5.12. The van der Waals surface area contributed by atoms with Crippen LogP contribution >= 0.6 is 23.8 Å². The lowest BCUT2D eigenvalue weighted by atomic mass is 9.96. The Hall–Kier alpha value is -1.13. The summed E-state index contributed by atoms with van der Waals surface area (Å²) in [5.41, 5.74) is 4.83. The molecule has 0 amide bonds. The minimum Gasteiger partial charge on any atom is -0.359 e. The Morgan fingerprint density at radius 3 is 2.50 bits per heavy atom. The highest BCUT2D eigenvalue weighted by molar-refractivity contribution is 7.80. The summed E-state index contributed by atoms with van der Waals surface area (Å²) in [4.78, 5) is 0. The summed E-state index contributed by atoms with van der Waals surface area (Å²) < 4.78 is 0. The molecule has 1 aromatic rings. The van der Waals surface area contributed by atoms with Crippen molar-refractivity contribution in [3.8, 4) is 0 Å². The van der Waals surface area contributed by atoms with Crippen LogP contribution in [0.4, 0.5) is 0 Å². The summed E-state index contributed by atoms with van der Waals surface area (Å²) in [7, 11) is 0. The molecular weight excluding hydrogens is 290 g/mol. The molecule has 2 N–H and O–H groups in total. The zero-order chi connectivity index (χ0) is 14.4. The van der Waals surface area contributed by atoms with Gasteiger partial charge < -0.3 is 5.32 Å². The molecule has 0 unspecified atom stereocenters. The summed E-state index contributed by atoms with van der Waals surface area (Å²) in [5, 5.41) is 8.96. The molecule has 1 aliphatic carbocycles. The molecule has 0 saturated heterocycles. The molecule has 1 aromatic carbocycles. The van der Waals surface area contributed by atoms with Crippen molar-refractivity contribution in [1.82, 2.24) is 10.7 Å². The molecule has 1 fully saturated rings. The minimum atomic E-state index is 0.495. The van der Waals surface area contributed by atoms with Crippen molar-refractivity contribution in [3.63, 3.8) is 0 Å². The van der Waals surface area contributed by atoms with Crippen LogP contribution in [-0.4, -0.2) is 16.9 Å². The molecular formula is C15H20ClN3S. The van der Waals surface area contributed by atoms with Gasteiger partial charge >= 0.3 is 0 Å². The van der Waals surface area contributed by atoms with Gasteiger partial charge in [0.25, 0.3) is 0 Å². The fourth-order valence-corrected chi connectivity index (χ4v) is 2.69. The standard InChI is InChI=1S/C15H20ClN3S/c1-11(12-7-9-13(16)10-8-12)18-19-15(20)17-14-5-3-2-4-6-14/h7-10,14H,2-6H2,1H3,(H2,17,19,20). The van der Waals surface area contributed by atoms with Crippen LogP contribution in [0.15, 0.2) is 29.4 Å². The summed E-state index contributed by atoms with van der Waals surface area (Å²) >= 11 is 11.1.